The molecule has 3 rings (SSSR count). The zero-order valence-corrected chi connectivity index (χ0v) is 17.2. The summed E-state index contributed by atoms with van der Waals surface area (Å²) in [6.45, 7) is 5.13. The van der Waals surface area contributed by atoms with Gasteiger partial charge in [-0.05, 0) is 54.2 Å². The molecule has 1 aromatic heterocycles. The summed E-state index contributed by atoms with van der Waals surface area (Å²) in [4.78, 5) is 4.67. The second kappa shape index (κ2) is 10.7. The molecule has 2 aromatic carbocycles. The molecule has 28 heavy (non-hydrogen) atoms. The van der Waals surface area contributed by atoms with Crippen LogP contribution >= 0.6 is 0 Å². The highest BCUT2D eigenvalue weighted by atomic mass is 16.5. The van der Waals surface area contributed by atoms with Crippen molar-refractivity contribution < 1.29 is 4.74 Å². The highest BCUT2D eigenvalue weighted by Gasteiger charge is 2.03. The van der Waals surface area contributed by atoms with Gasteiger partial charge in [-0.25, -0.2) is 0 Å². The van der Waals surface area contributed by atoms with Crippen LogP contribution in [0, 0.1) is 0 Å². The first-order valence-electron chi connectivity index (χ1n) is 10.6. The van der Waals surface area contributed by atoms with E-state index in [-0.39, 0.29) is 0 Å². The SMILES string of the molecule is CCCCCCc1ccc(-c2ccc(-c3ccc(OCCC)cc3)cc2)nc1. The van der Waals surface area contributed by atoms with Gasteiger partial charge < -0.3 is 4.74 Å². The summed E-state index contributed by atoms with van der Waals surface area (Å²) in [5.41, 5.74) is 5.93. The predicted octanol–water partition coefficient (Wildman–Crippen LogP) is 7.33. The topological polar surface area (TPSA) is 22.1 Å². The quantitative estimate of drug-likeness (QED) is 0.347. The number of rotatable bonds is 10. The van der Waals surface area contributed by atoms with Crippen LogP contribution in [0.25, 0.3) is 22.4 Å². The molecule has 0 bridgehead atoms. The second-order valence-electron chi connectivity index (χ2n) is 7.31. The molecular weight excluding hydrogens is 342 g/mol. The first-order chi connectivity index (χ1) is 13.8. The number of hydrogen-bond donors (Lipinski definition) is 0. The number of aromatic nitrogens is 1. The van der Waals surface area contributed by atoms with E-state index in [2.05, 4.69) is 67.4 Å². The van der Waals surface area contributed by atoms with Crippen molar-refractivity contribution in [1.82, 2.24) is 4.98 Å². The molecular formula is C26H31NO. The molecule has 2 heteroatoms. The van der Waals surface area contributed by atoms with E-state index in [1.165, 1.54) is 42.4 Å². The van der Waals surface area contributed by atoms with Crippen molar-refractivity contribution in [1.29, 1.82) is 0 Å². The summed E-state index contributed by atoms with van der Waals surface area (Å²) in [5.74, 6) is 0.932. The lowest BCUT2D eigenvalue weighted by atomic mass is 10.0. The number of unbranched alkanes of at least 4 members (excludes halogenated alkanes) is 3. The van der Waals surface area contributed by atoms with E-state index in [4.69, 9.17) is 4.74 Å². The van der Waals surface area contributed by atoms with E-state index < -0.39 is 0 Å². The maximum absolute atomic E-state index is 5.66. The summed E-state index contributed by atoms with van der Waals surface area (Å²) in [6, 6.07) is 21.3. The summed E-state index contributed by atoms with van der Waals surface area (Å²) in [7, 11) is 0. The van der Waals surface area contributed by atoms with Crippen molar-refractivity contribution in [2.45, 2.75) is 52.4 Å². The maximum Gasteiger partial charge on any atom is 0.119 e. The Morgan fingerprint density at radius 3 is 1.96 bits per heavy atom. The fraction of sp³-hybridized carbons (Fsp3) is 0.346. The average molecular weight is 374 g/mol. The Labute approximate surface area is 169 Å². The molecule has 0 aliphatic rings. The zero-order chi connectivity index (χ0) is 19.6. The van der Waals surface area contributed by atoms with Crippen molar-refractivity contribution in [2.75, 3.05) is 6.61 Å². The molecule has 0 spiro atoms. The van der Waals surface area contributed by atoms with Gasteiger partial charge in [-0.3, -0.25) is 4.98 Å². The van der Waals surface area contributed by atoms with Gasteiger partial charge in [0.2, 0.25) is 0 Å². The van der Waals surface area contributed by atoms with E-state index in [1.54, 1.807) is 0 Å². The lowest BCUT2D eigenvalue weighted by Gasteiger charge is -2.08. The van der Waals surface area contributed by atoms with Gasteiger partial charge in [-0.2, -0.15) is 0 Å². The van der Waals surface area contributed by atoms with Crippen LogP contribution in [0.5, 0.6) is 5.75 Å². The van der Waals surface area contributed by atoms with E-state index in [9.17, 15) is 0 Å². The van der Waals surface area contributed by atoms with Crippen molar-refractivity contribution in [3.8, 4) is 28.1 Å². The van der Waals surface area contributed by atoms with E-state index >= 15 is 0 Å². The molecule has 0 aliphatic heterocycles. The lowest BCUT2D eigenvalue weighted by Crippen LogP contribution is -1.94. The fourth-order valence-electron chi connectivity index (χ4n) is 3.30. The minimum Gasteiger partial charge on any atom is -0.494 e. The first-order valence-corrected chi connectivity index (χ1v) is 10.6. The fourth-order valence-corrected chi connectivity index (χ4v) is 3.30. The standard InChI is InChI=1S/C26H31NO/c1-3-5-6-7-8-21-9-18-26(27-20-21)24-12-10-22(11-13-24)23-14-16-25(17-15-23)28-19-4-2/h9-18,20H,3-8,19H2,1-2H3. The first kappa shape index (κ1) is 20.1. The molecule has 0 radical (unpaired) electrons. The molecule has 0 unspecified atom stereocenters. The van der Waals surface area contributed by atoms with Gasteiger partial charge in [0.25, 0.3) is 0 Å². The highest BCUT2D eigenvalue weighted by molar-refractivity contribution is 5.69. The van der Waals surface area contributed by atoms with Gasteiger partial charge in [-0.1, -0.05) is 75.6 Å². The van der Waals surface area contributed by atoms with Gasteiger partial charge in [-0.15, -0.1) is 0 Å². The van der Waals surface area contributed by atoms with Crippen LogP contribution in [0.15, 0.2) is 66.9 Å². The Bertz CT molecular complexity index is 820. The van der Waals surface area contributed by atoms with Crippen molar-refractivity contribution >= 4 is 0 Å². The average Bonchev–Trinajstić information content (AvgIpc) is 2.76. The molecule has 0 saturated carbocycles. The van der Waals surface area contributed by atoms with Crippen LogP contribution in [0.4, 0.5) is 0 Å². The summed E-state index contributed by atoms with van der Waals surface area (Å²) in [6.07, 6.45) is 9.36. The van der Waals surface area contributed by atoms with Gasteiger partial charge in [0.05, 0.1) is 12.3 Å². The summed E-state index contributed by atoms with van der Waals surface area (Å²) in [5, 5.41) is 0. The van der Waals surface area contributed by atoms with E-state index in [0.717, 1.165) is 36.5 Å². The molecule has 0 aliphatic carbocycles. The Morgan fingerprint density at radius 2 is 1.36 bits per heavy atom. The number of benzene rings is 2. The minimum absolute atomic E-state index is 0.762. The highest BCUT2D eigenvalue weighted by Crippen LogP contribution is 2.26. The summed E-state index contributed by atoms with van der Waals surface area (Å²) < 4.78 is 5.66. The van der Waals surface area contributed by atoms with Crippen LogP contribution in [0.2, 0.25) is 0 Å². The molecule has 0 atom stereocenters. The Hall–Kier alpha value is -2.61. The number of nitrogens with zero attached hydrogens (tertiary/aromatic N) is 1. The molecule has 0 fully saturated rings. The summed E-state index contributed by atoms with van der Waals surface area (Å²) >= 11 is 0. The van der Waals surface area contributed by atoms with Crippen LogP contribution < -0.4 is 4.74 Å². The van der Waals surface area contributed by atoms with Crippen LogP contribution in [0.3, 0.4) is 0 Å². The lowest BCUT2D eigenvalue weighted by molar-refractivity contribution is 0.317. The number of pyridine rings is 1. The van der Waals surface area contributed by atoms with Crippen molar-refractivity contribution in [2.24, 2.45) is 0 Å². The maximum atomic E-state index is 5.66. The smallest absolute Gasteiger partial charge is 0.119 e. The van der Waals surface area contributed by atoms with Gasteiger partial charge in [0.15, 0.2) is 0 Å². The third kappa shape index (κ3) is 5.69. The number of aryl methyl sites for hydroxylation is 1. The number of hydrogen-bond acceptors (Lipinski definition) is 2. The molecule has 3 aromatic rings. The molecule has 0 amide bonds. The molecule has 146 valence electrons. The van der Waals surface area contributed by atoms with Crippen LogP contribution in [-0.2, 0) is 6.42 Å². The van der Waals surface area contributed by atoms with Crippen molar-refractivity contribution in [3.05, 3.63) is 72.4 Å². The zero-order valence-electron chi connectivity index (χ0n) is 17.2. The normalized spacial score (nSPS) is 10.8. The Morgan fingerprint density at radius 1 is 0.679 bits per heavy atom. The molecule has 0 N–H and O–H groups in total. The van der Waals surface area contributed by atoms with Crippen molar-refractivity contribution in [3.63, 3.8) is 0 Å². The molecule has 1 heterocycles. The van der Waals surface area contributed by atoms with Crippen LogP contribution in [-0.4, -0.2) is 11.6 Å². The van der Waals surface area contributed by atoms with Gasteiger partial charge in [0, 0.05) is 11.8 Å². The third-order valence-corrected chi connectivity index (χ3v) is 4.98. The molecule has 2 nitrogen and oxygen atoms in total. The Balaban J connectivity index is 1.62. The second-order valence-corrected chi connectivity index (χ2v) is 7.31. The Kier molecular flexibility index (Phi) is 7.66. The van der Waals surface area contributed by atoms with E-state index in [1.807, 2.05) is 18.3 Å². The number of ether oxygens (including phenoxy) is 1. The van der Waals surface area contributed by atoms with Gasteiger partial charge in [0.1, 0.15) is 5.75 Å². The minimum atomic E-state index is 0.762. The third-order valence-electron chi connectivity index (χ3n) is 4.98. The van der Waals surface area contributed by atoms with E-state index in [0.29, 0.717) is 0 Å². The predicted molar refractivity (Wildman–Crippen MR) is 119 cm³/mol. The van der Waals surface area contributed by atoms with Gasteiger partial charge >= 0.3 is 0 Å². The largest absolute Gasteiger partial charge is 0.494 e. The monoisotopic (exact) mass is 373 g/mol. The molecule has 0 saturated heterocycles. The van der Waals surface area contributed by atoms with Crippen LogP contribution in [0.1, 0.15) is 51.5 Å².